The lowest BCUT2D eigenvalue weighted by atomic mass is 10.1. The number of aromatic nitrogens is 2. The largest absolute Gasteiger partial charge is 0.392 e. The van der Waals surface area contributed by atoms with Gasteiger partial charge in [0.2, 0.25) is 0 Å². The molecular formula is C13H15FN2O. The monoisotopic (exact) mass is 234 g/mol. The Balaban J connectivity index is 2.38. The molecule has 17 heavy (non-hydrogen) atoms. The van der Waals surface area contributed by atoms with E-state index >= 15 is 0 Å². The van der Waals surface area contributed by atoms with Gasteiger partial charge in [-0.15, -0.1) is 0 Å². The van der Waals surface area contributed by atoms with Crippen molar-refractivity contribution in [2.45, 2.75) is 26.5 Å². The molecule has 3 nitrogen and oxygen atoms in total. The molecule has 0 unspecified atom stereocenters. The van der Waals surface area contributed by atoms with Crippen molar-refractivity contribution in [3.05, 3.63) is 42.0 Å². The predicted octanol–water partition coefficient (Wildman–Crippen LogP) is 2.59. The number of halogens is 1. The van der Waals surface area contributed by atoms with Crippen LogP contribution >= 0.6 is 0 Å². The third-order valence-electron chi connectivity index (χ3n) is 2.65. The highest BCUT2D eigenvalue weighted by Crippen LogP contribution is 2.24. The summed E-state index contributed by atoms with van der Waals surface area (Å²) < 4.78 is 15.7. The molecule has 0 radical (unpaired) electrons. The van der Waals surface area contributed by atoms with Crippen LogP contribution in [0.5, 0.6) is 0 Å². The lowest BCUT2D eigenvalue weighted by Gasteiger charge is -2.04. The van der Waals surface area contributed by atoms with Crippen molar-refractivity contribution in [2.24, 2.45) is 0 Å². The lowest BCUT2D eigenvalue weighted by Crippen LogP contribution is -1.95. The van der Waals surface area contributed by atoms with Gasteiger partial charge in [-0.3, -0.25) is 4.68 Å². The van der Waals surface area contributed by atoms with E-state index in [4.69, 9.17) is 5.11 Å². The molecule has 2 aromatic rings. The highest BCUT2D eigenvalue weighted by Gasteiger charge is 2.10. The molecule has 0 amide bonds. The molecule has 0 fully saturated rings. The van der Waals surface area contributed by atoms with E-state index in [1.807, 2.05) is 6.20 Å². The molecule has 2 rings (SSSR count). The van der Waals surface area contributed by atoms with Gasteiger partial charge in [0.25, 0.3) is 0 Å². The molecule has 1 N–H and O–H groups in total. The SMILES string of the molecule is CCCn1cc(-c2cccc(CO)c2F)cn1. The number of hydrogen-bond acceptors (Lipinski definition) is 2. The standard InChI is InChI=1S/C13H15FN2O/c1-2-6-16-8-11(7-15-16)12-5-3-4-10(9-17)13(12)14/h3-5,7-8,17H,2,6,9H2,1H3. The van der Waals surface area contributed by atoms with Crippen LogP contribution in [0.15, 0.2) is 30.6 Å². The summed E-state index contributed by atoms with van der Waals surface area (Å²) in [6.45, 7) is 2.60. The maximum Gasteiger partial charge on any atom is 0.136 e. The van der Waals surface area contributed by atoms with Crippen molar-refractivity contribution in [2.75, 3.05) is 0 Å². The van der Waals surface area contributed by atoms with Gasteiger partial charge in [-0.1, -0.05) is 25.1 Å². The fourth-order valence-electron chi connectivity index (χ4n) is 1.78. The third-order valence-corrected chi connectivity index (χ3v) is 2.65. The quantitative estimate of drug-likeness (QED) is 0.883. The Kier molecular flexibility index (Phi) is 3.54. The van der Waals surface area contributed by atoms with Crippen LogP contribution in [-0.4, -0.2) is 14.9 Å². The van der Waals surface area contributed by atoms with Crippen molar-refractivity contribution in [3.63, 3.8) is 0 Å². The topological polar surface area (TPSA) is 38.0 Å². The summed E-state index contributed by atoms with van der Waals surface area (Å²) >= 11 is 0. The number of nitrogens with zero attached hydrogens (tertiary/aromatic N) is 2. The number of aliphatic hydroxyl groups excluding tert-OH is 1. The Hall–Kier alpha value is -1.68. The minimum absolute atomic E-state index is 0.289. The maximum atomic E-state index is 14.0. The Morgan fingerprint density at radius 2 is 2.24 bits per heavy atom. The van der Waals surface area contributed by atoms with E-state index < -0.39 is 0 Å². The molecule has 90 valence electrons. The molecule has 0 atom stereocenters. The molecule has 0 saturated carbocycles. The van der Waals surface area contributed by atoms with E-state index in [0.717, 1.165) is 18.5 Å². The van der Waals surface area contributed by atoms with Crippen LogP contribution in [-0.2, 0) is 13.2 Å². The zero-order valence-corrected chi connectivity index (χ0v) is 9.73. The van der Waals surface area contributed by atoms with Gasteiger partial charge in [0.15, 0.2) is 0 Å². The fourth-order valence-corrected chi connectivity index (χ4v) is 1.78. The van der Waals surface area contributed by atoms with Crippen LogP contribution in [0.2, 0.25) is 0 Å². The molecule has 1 aromatic carbocycles. The van der Waals surface area contributed by atoms with Gasteiger partial charge in [-0.2, -0.15) is 5.10 Å². The molecule has 0 bridgehead atoms. The molecule has 1 aromatic heterocycles. The normalized spacial score (nSPS) is 10.8. The third kappa shape index (κ3) is 2.36. The average molecular weight is 234 g/mol. The molecule has 0 aliphatic heterocycles. The number of aliphatic hydroxyl groups is 1. The van der Waals surface area contributed by atoms with Crippen LogP contribution in [0.1, 0.15) is 18.9 Å². The number of benzene rings is 1. The summed E-state index contributed by atoms with van der Waals surface area (Å²) in [7, 11) is 0. The number of rotatable bonds is 4. The molecule has 0 aliphatic rings. The first kappa shape index (κ1) is 11.8. The zero-order valence-electron chi connectivity index (χ0n) is 9.73. The summed E-state index contributed by atoms with van der Waals surface area (Å²) in [4.78, 5) is 0. The molecule has 1 heterocycles. The first-order valence-corrected chi connectivity index (χ1v) is 5.67. The molecule has 0 saturated heterocycles. The molecular weight excluding hydrogens is 219 g/mol. The Labute approximate surface area is 99.5 Å². The van der Waals surface area contributed by atoms with Crippen molar-refractivity contribution < 1.29 is 9.50 Å². The van der Waals surface area contributed by atoms with Crippen molar-refractivity contribution in [1.82, 2.24) is 9.78 Å². The minimum atomic E-state index is -0.369. The summed E-state index contributed by atoms with van der Waals surface area (Å²) in [5, 5.41) is 13.2. The van der Waals surface area contributed by atoms with E-state index in [2.05, 4.69) is 12.0 Å². The second-order valence-electron chi connectivity index (χ2n) is 3.93. The summed E-state index contributed by atoms with van der Waals surface area (Å²) in [6, 6.07) is 5.01. The van der Waals surface area contributed by atoms with Crippen LogP contribution in [0.25, 0.3) is 11.1 Å². The molecule has 0 spiro atoms. The highest BCUT2D eigenvalue weighted by molar-refractivity contribution is 5.63. The fraction of sp³-hybridized carbons (Fsp3) is 0.308. The summed E-state index contributed by atoms with van der Waals surface area (Å²) in [5.74, 6) is -0.369. The molecule has 0 aliphatic carbocycles. The first-order valence-electron chi connectivity index (χ1n) is 5.67. The Bertz CT molecular complexity index is 508. The summed E-state index contributed by atoms with van der Waals surface area (Å²) in [5.41, 5.74) is 1.54. The van der Waals surface area contributed by atoms with Crippen LogP contribution in [0.3, 0.4) is 0 Å². The number of hydrogen-bond donors (Lipinski definition) is 1. The first-order chi connectivity index (χ1) is 8.26. The van der Waals surface area contributed by atoms with Gasteiger partial charge in [0.1, 0.15) is 5.82 Å². The van der Waals surface area contributed by atoms with Crippen LogP contribution in [0, 0.1) is 5.82 Å². The van der Waals surface area contributed by atoms with Crippen molar-refractivity contribution >= 4 is 0 Å². The average Bonchev–Trinajstić information content (AvgIpc) is 2.78. The van der Waals surface area contributed by atoms with E-state index in [1.165, 1.54) is 0 Å². The van der Waals surface area contributed by atoms with Gasteiger partial charge in [0, 0.05) is 29.4 Å². The maximum absolute atomic E-state index is 14.0. The van der Waals surface area contributed by atoms with Crippen LogP contribution < -0.4 is 0 Å². The van der Waals surface area contributed by atoms with E-state index in [9.17, 15) is 4.39 Å². The Morgan fingerprint density at radius 1 is 1.41 bits per heavy atom. The van der Waals surface area contributed by atoms with Crippen LogP contribution in [0.4, 0.5) is 4.39 Å². The van der Waals surface area contributed by atoms with E-state index in [1.54, 1.807) is 29.1 Å². The lowest BCUT2D eigenvalue weighted by molar-refractivity contribution is 0.276. The van der Waals surface area contributed by atoms with Crippen molar-refractivity contribution in [3.8, 4) is 11.1 Å². The van der Waals surface area contributed by atoms with E-state index in [0.29, 0.717) is 11.1 Å². The second-order valence-corrected chi connectivity index (χ2v) is 3.93. The zero-order chi connectivity index (χ0) is 12.3. The Morgan fingerprint density at radius 3 is 2.94 bits per heavy atom. The molecule has 4 heteroatoms. The van der Waals surface area contributed by atoms with Gasteiger partial charge in [-0.25, -0.2) is 4.39 Å². The van der Waals surface area contributed by atoms with Gasteiger partial charge < -0.3 is 5.11 Å². The second kappa shape index (κ2) is 5.10. The van der Waals surface area contributed by atoms with Gasteiger partial charge in [0.05, 0.1) is 12.8 Å². The van der Waals surface area contributed by atoms with Crippen molar-refractivity contribution in [1.29, 1.82) is 0 Å². The minimum Gasteiger partial charge on any atom is -0.392 e. The van der Waals surface area contributed by atoms with Gasteiger partial charge >= 0.3 is 0 Å². The summed E-state index contributed by atoms with van der Waals surface area (Å²) in [6.07, 6.45) is 4.46. The van der Waals surface area contributed by atoms with E-state index in [-0.39, 0.29) is 12.4 Å². The smallest absolute Gasteiger partial charge is 0.136 e. The predicted molar refractivity (Wildman–Crippen MR) is 63.8 cm³/mol. The number of aryl methyl sites for hydroxylation is 1. The highest BCUT2D eigenvalue weighted by atomic mass is 19.1. The van der Waals surface area contributed by atoms with Gasteiger partial charge in [-0.05, 0) is 6.42 Å².